The molecule has 0 radical (unpaired) electrons. The fraction of sp³-hybridized carbons (Fsp3) is 0.538. The third-order valence-electron chi connectivity index (χ3n) is 3.28. The number of carbonyl (C=O) groups is 3. The normalized spacial score (nSPS) is 11.8. The third-order valence-corrected chi connectivity index (χ3v) is 3.28. The van der Waals surface area contributed by atoms with Gasteiger partial charge in [-0.25, -0.2) is 4.79 Å². The van der Waals surface area contributed by atoms with Gasteiger partial charge in [-0.2, -0.15) is 5.10 Å². The summed E-state index contributed by atoms with van der Waals surface area (Å²) in [6.07, 6.45) is 1.41. The number of aromatic nitrogens is 2. The zero-order valence-corrected chi connectivity index (χ0v) is 12.6. The summed E-state index contributed by atoms with van der Waals surface area (Å²) in [6.45, 7) is 4.83. The Labute approximate surface area is 122 Å². The number of hydrogen-bond acceptors (Lipinski definition) is 4. The Morgan fingerprint density at radius 1 is 1.48 bits per heavy atom. The fourth-order valence-corrected chi connectivity index (χ4v) is 1.82. The van der Waals surface area contributed by atoms with Gasteiger partial charge in [0.2, 0.25) is 5.91 Å². The topological polar surface area (TPSA) is 105 Å². The van der Waals surface area contributed by atoms with Gasteiger partial charge in [0.05, 0.1) is 11.8 Å². The molecule has 0 saturated heterocycles. The van der Waals surface area contributed by atoms with Crippen LogP contribution in [0.1, 0.15) is 29.9 Å². The minimum absolute atomic E-state index is 0.111. The van der Waals surface area contributed by atoms with Crippen LogP contribution in [0.15, 0.2) is 6.20 Å². The Balaban J connectivity index is 2.94. The molecule has 0 saturated carbocycles. The van der Waals surface area contributed by atoms with Crippen molar-refractivity contribution in [1.29, 1.82) is 0 Å². The van der Waals surface area contributed by atoms with Gasteiger partial charge in [-0.1, -0.05) is 0 Å². The third kappa shape index (κ3) is 4.04. The molecule has 8 nitrogen and oxygen atoms in total. The Bertz CT molecular complexity index is 552. The van der Waals surface area contributed by atoms with Crippen LogP contribution in [0.2, 0.25) is 0 Å². The van der Waals surface area contributed by atoms with Crippen molar-refractivity contribution in [2.75, 3.05) is 13.1 Å². The fourth-order valence-electron chi connectivity index (χ4n) is 1.82. The lowest BCUT2D eigenvalue weighted by Gasteiger charge is -2.26. The van der Waals surface area contributed by atoms with E-state index in [1.807, 2.05) is 0 Å². The summed E-state index contributed by atoms with van der Waals surface area (Å²) in [5.41, 5.74) is 1.01. The van der Waals surface area contributed by atoms with Crippen LogP contribution in [-0.4, -0.2) is 56.7 Å². The van der Waals surface area contributed by atoms with Crippen LogP contribution in [0.4, 0.5) is 0 Å². The van der Waals surface area contributed by atoms with Crippen molar-refractivity contribution in [3.8, 4) is 0 Å². The van der Waals surface area contributed by atoms with Crippen molar-refractivity contribution in [3.63, 3.8) is 0 Å². The molecule has 1 aromatic heterocycles. The zero-order chi connectivity index (χ0) is 16.2. The molecule has 1 heterocycles. The first-order valence-electron chi connectivity index (χ1n) is 6.52. The molecule has 1 atom stereocenters. The van der Waals surface area contributed by atoms with Crippen molar-refractivity contribution in [1.82, 2.24) is 20.0 Å². The molecule has 0 aromatic carbocycles. The monoisotopic (exact) mass is 296 g/mol. The summed E-state index contributed by atoms with van der Waals surface area (Å²) in [6, 6.07) is -0.995. The number of aliphatic carboxylic acids is 1. The molecule has 21 heavy (non-hydrogen) atoms. The van der Waals surface area contributed by atoms with E-state index in [0.29, 0.717) is 11.3 Å². The van der Waals surface area contributed by atoms with E-state index >= 15 is 0 Å². The van der Waals surface area contributed by atoms with E-state index in [1.165, 1.54) is 24.9 Å². The lowest BCUT2D eigenvalue weighted by Crippen LogP contribution is -2.46. The van der Waals surface area contributed by atoms with E-state index in [2.05, 4.69) is 10.4 Å². The van der Waals surface area contributed by atoms with Gasteiger partial charge in [0.1, 0.15) is 6.04 Å². The smallest absolute Gasteiger partial charge is 0.326 e. The predicted octanol–water partition coefficient (Wildman–Crippen LogP) is -0.220. The summed E-state index contributed by atoms with van der Waals surface area (Å²) >= 11 is 0. The second-order valence-corrected chi connectivity index (χ2v) is 4.76. The first-order valence-corrected chi connectivity index (χ1v) is 6.52. The van der Waals surface area contributed by atoms with Gasteiger partial charge in [0.25, 0.3) is 5.91 Å². The van der Waals surface area contributed by atoms with Crippen LogP contribution in [0.3, 0.4) is 0 Å². The molecule has 0 bridgehead atoms. The molecule has 0 aliphatic carbocycles. The van der Waals surface area contributed by atoms with Crippen LogP contribution in [0.25, 0.3) is 0 Å². The largest absolute Gasteiger partial charge is 0.480 e. The van der Waals surface area contributed by atoms with Gasteiger partial charge in [0, 0.05) is 32.8 Å². The van der Waals surface area contributed by atoms with Crippen molar-refractivity contribution < 1.29 is 19.5 Å². The molecule has 0 aliphatic heterocycles. The van der Waals surface area contributed by atoms with Crippen LogP contribution >= 0.6 is 0 Å². The zero-order valence-electron chi connectivity index (χ0n) is 12.6. The highest BCUT2D eigenvalue weighted by atomic mass is 16.4. The second kappa shape index (κ2) is 6.87. The maximum atomic E-state index is 12.5. The molecule has 1 unspecified atom stereocenters. The minimum Gasteiger partial charge on any atom is -0.480 e. The summed E-state index contributed by atoms with van der Waals surface area (Å²) in [5, 5.41) is 15.7. The summed E-state index contributed by atoms with van der Waals surface area (Å²) in [4.78, 5) is 35.8. The van der Waals surface area contributed by atoms with Crippen LogP contribution in [0, 0.1) is 6.92 Å². The van der Waals surface area contributed by atoms with Gasteiger partial charge in [-0.15, -0.1) is 0 Å². The Morgan fingerprint density at radius 2 is 2.10 bits per heavy atom. The number of carboxylic acid groups (broad SMARTS) is 1. The second-order valence-electron chi connectivity index (χ2n) is 4.76. The molecule has 1 rings (SSSR count). The van der Waals surface area contributed by atoms with Gasteiger partial charge < -0.3 is 15.3 Å². The molecule has 0 fully saturated rings. The first kappa shape index (κ1) is 16.7. The van der Waals surface area contributed by atoms with Gasteiger partial charge in [0.15, 0.2) is 0 Å². The quantitative estimate of drug-likeness (QED) is 0.755. The molecular formula is C13H20N4O4. The van der Waals surface area contributed by atoms with Gasteiger partial charge in [-0.3, -0.25) is 14.3 Å². The van der Waals surface area contributed by atoms with E-state index in [-0.39, 0.29) is 19.0 Å². The highest BCUT2D eigenvalue weighted by Crippen LogP contribution is 2.12. The number of carboxylic acids is 1. The number of carbonyl (C=O) groups excluding carboxylic acids is 2. The maximum Gasteiger partial charge on any atom is 0.326 e. The first-order chi connectivity index (χ1) is 9.75. The predicted molar refractivity (Wildman–Crippen MR) is 74.8 cm³/mol. The minimum atomic E-state index is -1.10. The standard InChI is InChI=1S/C13H20N4O4/c1-8-11(7-15-16(8)4)12(19)17(9(2)13(20)21)6-5-14-10(3)18/h7,9H,5-6H2,1-4H3,(H,14,18)(H,20,21). The number of aryl methyl sites for hydroxylation is 1. The lowest BCUT2D eigenvalue weighted by molar-refractivity contribution is -0.141. The number of hydrogen-bond donors (Lipinski definition) is 2. The highest BCUT2D eigenvalue weighted by molar-refractivity contribution is 5.97. The molecular weight excluding hydrogens is 276 g/mol. The Morgan fingerprint density at radius 3 is 2.52 bits per heavy atom. The molecule has 2 N–H and O–H groups in total. The number of nitrogens with one attached hydrogen (secondary N) is 1. The van der Waals surface area contributed by atoms with Crippen molar-refractivity contribution in [3.05, 3.63) is 17.5 Å². The number of nitrogens with zero attached hydrogens (tertiary/aromatic N) is 3. The van der Waals surface area contributed by atoms with E-state index in [0.717, 1.165) is 0 Å². The summed E-state index contributed by atoms with van der Waals surface area (Å²) in [5.74, 6) is -1.75. The SMILES string of the molecule is CC(=O)NCCN(C(=O)c1cnn(C)c1C)C(C)C(=O)O. The number of rotatable bonds is 6. The number of amides is 2. The summed E-state index contributed by atoms with van der Waals surface area (Å²) < 4.78 is 1.55. The van der Waals surface area contributed by atoms with Crippen molar-refractivity contribution in [2.45, 2.75) is 26.8 Å². The Kier molecular flexibility index (Phi) is 5.45. The van der Waals surface area contributed by atoms with Gasteiger partial charge in [-0.05, 0) is 13.8 Å². The lowest BCUT2D eigenvalue weighted by atomic mass is 10.2. The van der Waals surface area contributed by atoms with E-state index in [1.54, 1.807) is 18.7 Å². The van der Waals surface area contributed by atoms with E-state index in [4.69, 9.17) is 5.11 Å². The molecule has 0 spiro atoms. The van der Waals surface area contributed by atoms with Crippen molar-refractivity contribution >= 4 is 17.8 Å². The average Bonchev–Trinajstić information content (AvgIpc) is 2.73. The van der Waals surface area contributed by atoms with E-state index in [9.17, 15) is 14.4 Å². The molecule has 116 valence electrons. The highest BCUT2D eigenvalue weighted by Gasteiger charge is 2.28. The summed E-state index contributed by atoms with van der Waals surface area (Å²) in [7, 11) is 1.70. The van der Waals surface area contributed by atoms with Crippen LogP contribution < -0.4 is 5.32 Å². The van der Waals surface area contributed by atoms with Crippen molar-refractivity contribution in [2.24, 2.45) is 7.05 Å². The molecule has 0 aliphatic rings. The maximum absolute atomic E-state index is 12.5. The molecule has 1 aromatic rings. The molecule has 8 heteroatoms. The van der Waals surface area contributed by atoms with Crippen LogP contribution in [0.5, 0.6) is 0 Å². The van der Waals surface area contributed by atoms with Crippen LogP contribution in [-0.2, 0) is 16.6 Å². The Hall–Kier alpha value is -2.38. The average molecular weight is 296 g/mol. The van der Waals surface area contributed by atoms with Gasteiger partial charge >= 0.3 is 5.97 Å². The van der Waals surface area contributed by atoms with E-state index < -0.39 is 17.9 Å². The molecule has 2 amide bonds.